The van der Waals surface area contributed by atoms with Gasteiger partial charge in [-0.2, -0.15) is 0 Å². The predicted molar refractivity (Wildman–Crippen MR) is 126 cm³/mol. The van der Waals surface area contributed by atoms with Crippen LogP contribution in [0.2, 0.25) is 0 Å². The highest BCUT2D eigenvalue weighted by molar-refractivity contribution is 5.90. The molecule has 0 saturated carbocycles. The minimum absolute atomic E-state index is 0.319. The van der Waals surface area contributed by atoms with E-state index in [9.17, 15) is 0 Å². The van der Waals surface area contributed by atoms with Gasteiger partial charge in [0.2, 0.25) is 0 Å². The lowest BCUT2D eigenvalue weighted by atomic mass is 9.76. The maximum atomic E-state index is 6.70. The van der Waals surface area contributed by atoms with Crippen LogP contribution in [-0.4, -0.2) is 0 Å². The van der Waals surface area contributed by atoms with Gasteiger partial charge >= 0.3 is 0 Å². The number of aromatic nitrogens is 1. The van der Waals surface area contributed by atoms with Crippen molar-refractivity contribution in [1.82, 2.24) is 0 Å². The van der Waals surface area contributed by atoms with Crippen LogP contribution in [0.15, 0.2) is 58.7 Å². The first-order valence-electron chi connectivity index (χ1n) is 12.0. The normalized spacial score (nSPS) is 24.6. The Bertz CT molecular complexity index is 1230. The van der Waals surface area contributed by atoms with Gasteiger partial charge in [-0.3, -0.25) is 0 Å². The Morgan fingerprint density at radius 3 is 2.84 bits per heavy atom. The number of nitrogens with zero attached hydrogens (tertiary/aromatic N) is 1. The smallest absolute Gasteiger partial charge is 0.192 e. The van der Waals surface area contributed by atoms with E-state index in [1.807, 2.05) is 0 Å². The highest BCUT2D eigenvalue weighted by Crippen LogP contribution is 2.46. The van der Waals surface area contributed by atoms with Crippen molar-refractivity contribution in [3.63, 3.8) is 0 Å². The third kappa shape index (κ3) is 3.03. The number of aryl methyl sites for hydroxylation is 1. The van der Waals surface area contributed by atoms with Crippen LogP contribution in [-0.2, 0) is 6.54 Å². The Morgan fingerprint density at radius 1 is 1.10 bits per heavy atom. The van der Waals surface area contributed by atoms with Crippen LogP contribution in [0.25, 0.3) is 17.0 Å². The topological polar surface area (TPSA) is 17.0 Å². The first-order valence-corrected chi connectivity index (χ1v) is 12.0. The van der Waals surface area contributed by atoms with Crippen molar-refractivity contribution in [2.45, 2.75) is 70.8 Å². The molecular formula is C29H32NO+. The van der Waals surface area contributed by atoms with Crippen LogP contribution in [0.4, 0.5) is 0 Å². The molecule has 3 aromatic rings. The number of benzene rings is 1. The summed E-state index contributed by atoms with van der Waals surface area (Å²) in [5, 5.41) is 1.27. The van der Waals surface area contributed by atoms with Crippen molar-refractivity contribution in [2.75, 3.05) is 0 Å². The Kier molecular flexibility index (Phi) is 4.45. The quantitative estimate of drug-likeness (QED) is 0.321. The molecule has 1 aliphatic heterocycles. The fourth-order valence-electron chi connectivity index (χ4n) is 6.05. The monoisotopic (exact) mass is 410 g/mol. The van der Waals surface area contributed by atoms with E-state index in [4.69, 9.17) is 4.42 Å². The number of hydrogen-bond donors (Lipinski definition) is 0. The molecule has 0 saturated heterocycles. The molecular weight excluding hydrogens is 378 g/mol. The second kappa shape index (κ2) is 7.22. The Morgan fingerprint density at radius 2 is 2.00 bits per heavy atom. The lowest BCUT2D eigenvalue weighted by Gasteiger charge is -2.29. The van der Waals surface area contributed by atoms with Gasteiger partial charge in [0.05, 0.1) is 0 Å². The average molecular weight is 411 g/mol. The molecule has 3 atom stereocenters. The molecule has 0 bridgehead atoms. The summed E-state index contributed by atoms with van der Waals surface area (Å²) in [6.07, 6.45) is 14.4. The lowest BCUT2D eigenvalue weighted by molar-refractivity contribution is -0.712. The summed E-state index contributed by atoms with van der Waals surface area (Å²) >= 11 is 0. The van der Waals surface area contributed by atoms with Gasteiger partial charge in [0.25, 0.3) is 0 Å². The van der Waals surface area contributed by atoms with Crippen molar-refractivity contribution in [1.29, 1.82) is 0 Å². The van der Waals surface area contributed by atoms with Crippen molar-refractivity contribution in [3.8, 4) is 0 Å². The van der Waals surface area contributed by atoms with Crippen molar-refractivity contribution in [2.24, 2.45) is 5.92 Å². The van der Waals surface area contributed by atoms with Crippen molar-refractivity contribution >= 4 is 17.0 Å². The molecule has 2 aromatic heterocycles. The van der Waals surface area contributed by atoms with Gasteiger partial charge in [-0.25, -0.2) is 4.57 Å². The zero-order valence-electron chi connectivity index (χ0n) is 18.9. The average Bonchev–Trinajstić information content (AvgIpc) is 3.16. The third-order valence-electron chi connectivity index (χ3n) is 7.90. The molecule has 0 radical (unpaired) electrons. The summed E-state index contributed by atoms with van der Waals surface area (Å²) < 4.78 is 9.15. The summed E-state index contributed by atoms with van der Waals surface area (Å²) in [5.41, 5.74) is 8.11. The molecule has 0 spiro atoms. The predicted octanol–water partition coefficient (Wildman–Crippen LogP) is 7.24. The van der Waals surface area contributed by atoms with E-state index < -0.39 is 0 Å². The second-order valence-electron chi connectivity index (χ2n) is 10.1. The van der Waals surface area contributed by atoms with Crippen LogP contribution in [0, 0.1) is 5.92 Å². The molecule has 31 heavy (non-hydrogen) atoms. The molecule has 2 aliphatic carbocycles. The highest BCUT2D eigenvalue weighted by Gasteiger charge is 2.41. The number of fused-ring (bicyclic) bond motifs is 7. The van der Waals surface area contributed by atoms with E-state index in [-0.39, 0.29) is 0 Å². The summed E-state index contributed by atoms with van der Waals surface area (Å²) in [4.78, 5) is 0. The summed E-state index contributed by atoms with van der Waals surface area (Å²) in [6, 6.07) is 11.7. The van der Waals surface area contributed by atoms with Crippen LogP contribution in [0.3, 0.4) is 0 Å². The third-order valence-corrected chi connectivity index (χ3v) is 7.90. The Balaban J connectivity index is 1.48. The van der Waals surface area contributed by atoms with E-state index >= 15 is 0 Å². The molecule has 0 N–H and O–H groups in total. The van der Waals surface area contributed by atoms with Gasteiger partial charge in [0, 0.05) is 41.3 Å². The summed E-state index contributed by atoms with van der Waals surface area (Å²) in [7, 11) is 0. The molecule has 0 amide bonds. The number of allylic oxidation sites excluding steroid dienone is 3. The molecule has 158 valence electrons. The van der Waals surface area contributed by atoms with Gasteiger partial charge in [-0.1, -0.05) is 49.8 Å². The summed E-state index contributed by atoms with van der Waals surface area (Å²) in [6.45, 7) is 7.94. The van der Waals surface area contributed by atoms with E-state index in [1.54, 1.807) is 0 Å². The minimum Gasteiger partial charge on any atom is -0.459 e. The van der Waals surface area contributed by atoms with Crippen LogP contribution >= 0.6 is 0 Å². The van der Waals surface area contributed by atoms with Crippen molar-refractivity contribution < 1.29 is 8.98 Å². The fourth-order valence-corrected chi connectivity index (χ4v) is 6.05. The van der Waals surface area contributed by atoms with E-state index in [1.165, 1.54) is 64.8 Å². The van der Waals surface area contributed by atoms with Crippen LogP contribution < -0.4 is 4.57 Å². The zero-order valence-corrected chi connectivity index (χ0v) is 18.9. The van der Waals surface area contributed by atoms with E-state index in [0.717, 1.165) is 12.1 Å². The number of hydrogen-bond acceptors (Lipinski definition) is 1. The number of furan rings is 1. The minimum atomic E-state index is 0.319. The summed E-state index contributed by atoms with van der Waals surface area (Å²) in [5.74, 6) is 3.10. The maximum Gasteiger partial charge on any atom is 0.192 e. The van der Waals surface area contributed by atoms with Crippen LogP contribution in [0.1, 0.15) is 92.4 Å². The van der Waals surface area contributed by atoms with Gasteiger partial charge < -0.3 is 4.42 Å². The molecule has 3 aliphatic rings. The molecule has 3 unspecified atom stereocenters. The highest BCUT2D eigenvalue weighted by atomic mass is 16.3. The molecule has 6 rings (SSSR count). The van der Waals surface area contributed by atoms with Gasteiger partial charge in [0.15, 0.2) is 11.9 Å². The SMILES string of the molecule is CC1=CCCCC1c1ccc2c3c(oc2c1)C1c2cc(C(C)C)cc[n+]2CCC1C=C3. The van der Waals surface area contributed by atoms with Crippen molar-refractivity contribution in [3.05, 3.63) is 82.4 Å². The number of pyridine rings is 1. The Hall–Kier alpha value is -2.61. The standard InChI is InChI=1S/C29H32NO/c1-18(2)21-13-15-30-14-12-20-8-11-25-24-10-9-22(23-7-5-4-6-19(23)3)17-27(24)31-29(25)28(20)26(30)16-21/h6,8-11,13,15-18,20,23,28H,4-5,7,12,14H2,1-3H3/q+1. The molecule has 2 nitrogen and oxygen atoms in total. The van der Waals surface area contributed by atoms with E-state index in [0.29, 0.717) is 23.7 Å². The van der Waals surface area contributed by atoms with Gasteiger partial charge in [0.1, 0.15) is 23.8 Å². The maximum absolute atomic E-state index is 6.70. The second-order valence-corrected chi connectivity index (χ2v) is 10.1. The van der Waals surface area contributed by atoms with Crippen LogP contribution in [0.5, 0.6) is 0 Å². The first-order chi connectivity index (χ1) is 15.1. The zero-order chi connectivity index (χ0) is 21.1. The fraction of sp³-hybridized carbons (Fsp3) is 0.414. The molecule has 0 fully saturated rings. The largest absolute Gasteiger partial charge is 0.459 e. The van der Waals surface area contributed by atoms with Gasteiger partial charge in [-0.15, -0.1) is 0 Å². The molecule has 3 heterocycles. The van der Waals surface area contributed by atoms with Gasteiger partial charge in [-0.05, 0) is 49.3 Å². The lowest BCUT2D eigenvalue weighted by Crippen LogP contribution is -2.46. The Labute approximate surface area is 185 Å². The van der Waals surface area contributed by atoms with E-state index in [2.05, 4.69) is 80.1 Å². The molecule has 2 heteroatoms. The first kappa shape index (κ1) is 19.1. The number of rotatable bonds is 2. The molecule has 1 aromatic carbocycles.